The molecule has 1 amide bonds. The summed E-state index contributed by atoms with van der Waals surface area (Å²) >= 11 is 0. The number of nitrogens with zero attached hydrogens (tertiary/aromatic N) is 1. The summed E-state index contributed by atoms with van der Waals surface area (Å²) in [6, 6.07) is 9.19. The first-order valence-corrected chi connectivity index (χ1v) is 10.4. The van der Waals surface area contributed by atoms with Crippen LogP contribution in [-0.2, 0) is 17.1 Å². The minimum Gasteiger partial charge on any atom is -0.483 e. The molecule has 0 aliphatic heterocycles. The Bertz CT molecular complexity index is 1330. The van der Waals surface area contributed by atoms with Crippen LogP contribution in [-0.4, -0.2) is 29.5 Å². The van der Waals surface area contributed by atoms with E-state index in [-0.39, 0.29) is 16.7 Å². The Hall–Kier alpha value is -4.10. The van der Waals surface area contributed by atoms with E-state index in [1.165, 1.54) is 30.3 Å². The molecule has 0 atom stereocenters. The van der Waals surface area contributed by atoms with Gasteiger partial charge in [0.1, 0.15) is 11.4 Å². The highest BCUT2D eigenvalue weighted by molar-refractivity contribution is 6.11. The maximum absolute atomic E-state index is 13.3. The number of halogens is 9. The fourth-order valence-corrected chi connectivity index (χ4v) is 3.21. The van der Waals surface area contributed by atoms with Gasteiger partial charge in [0.15, 0.2) is 12.4 Å². The summed E-state index contributed by atoms with van der Waals surface area (Å²) in [6.07, 6.45) is -14.6. The standard InChI is InChI=1S/C24H15F9N2O3/c25-22(26,27)12-38-19-5-4-16(10-17(19)23(28,29)30)35-21(37)11-18(36)15-3-1-2-13(8-15)14-6-7-34-20(9-14)24(31,32)33/h1-10H,11-12H2,(H,35,37). The fraction of sp³-hybridized carbons (Fsp3) is 0.208. The van der Waals surface area contributed by atoms with Crippen molar-refractivity contribution in [3.63, 3.8) is 0 Å². The van der Waals surface area contributed by atoms with E-state index in [0.717, 1.165) is 18.3 Å². The van der Waals surface area contributed by atoms with Gasteiger partial charge in [0.05, 0.1) is 12.0 Å². The number of amides is 1. The number of ketones is 1. The van der Waals surface area contributed by atoms with Gasteiger partial charge in [0.25, 0.3) is 0 Å². The van der Waals surface area contributed by atoms with Gasteiger partial charge < -0.3 is 10.1 Å². The van der Waals surface area contributed by atoms with E-state index in [1.54, 1.807) is 0 Å². The molecule has 3 rings (SSSR count). The molecule has 5 nitrogen and oxygen atoms in total. The molecule has 1 N–H and O–H groups in total. The predicted octanol–water partition coefficient (Wildman–Crippen LogP) is 6.94. The largest absolute Gasteiger partial charge is 0.483 e. The minimum absolute atomic E-state index is 0.0603. The number of alkyl halides is 9. The van der Waals surface area contributed by atoms with Crippen molar-refractivity contribution < 1.29 is 53.8 Å². The summed E-state index contributed by atoms with van der Waals surface area (Å²) in [5.41, 5.74) is -2.93. The van der Waals surface area contributed by atoms with E-state index < -0.39 is 65.9 Å². The van der Waals surface area contributed by atoms with Crippen molar-refractivity contribution in [3.8, 4) is 16.9 Å². The highest BCUT2D eigenvalue weighted by Gasteiger charge is 2.37. The van der Waals surface area contributed by atoms with Gasteiger partial charge in [-0.15, -0.1) is 0 Å². The number of hydrogen-bond acceptors (Lipinski definition) is 4. The van der Waals surface area contributed by atoms with Crippen molar-refractivity contribution in [3.05, 3.63) is 77.6 Å². The van der Waals surface area contributed by atoms with Gasteiger partial charge in [-0.3, -0.25) is 14.6 Å². The van der Waals surface area contributed by atoms with Crippen molar-refractivity contribution in [2.75, 3.05) is 11.9 Å². The van der Waals surface area contributed by atoms with Gasteiger partial charge in [-0.25, -0.2) is 0 Å². The van der Waals surface area contributed by atoms with Crippen LogP contribution in [0, 0.1) is 0 Å². The summed E-state index contributed by atoms with van der Waals surface area (Å²) in [6.45, 7) is -1.97. The number of carbonyl (C=O) groups is 2. The quantitative estimate of drug-likeness (QED) is 0.197. The first kappa shape index (κ1) is 28.5. The molecule has 0 fully saturated rings. The van der Waals surface area contributed by atoms with Crippen molar-refractivity contribution in [2.24, 2.45) is 0 Å². The summed E-state index contributed by atoms with van der Waals surface area (Å²) < 4.78 is 120. The number of benzene rings is 2. The van der Waals surface area contributed by atoms with Crippen LogP contribution < -0.4 is 10.1 Å². The number of ether oxygens (including phenoxy) is 1. The lowest BCUT2D eigenvalue weighted by atomic mass is 10.00. The van der Waals surface area contributed by atoms with Gasteiger partial charge in [0.2, 0.25) is 5.91 Å². The van der Waals surface area contributed by atoms with Crippen LogP contribution in [0.4, 0.5) is 45.2 Å². The number of pyridine rings is 1. The molecule has 0 unspecified atom stereocenters. The normalized spacial score (nSPS) is 12.2. The molecule has 1 heterocycles. The zero-order valence-corrected chi connectivity index (χ0v) is 18.8. The molecular formula is C24H15F9N2O3. The van der Waals surface area contributed by atoms with Crippen LogP contribution in [0.15, 0.2) is 60.8 Å². The van der Waals surface area contributed by atoms with Crippen molar-refractivity contribution >= 4 is 17.4 Å². The number of hydrogen-bond donors (Lipinski definition) is 1. The second-order valence-electron chi connectivity index (χ2n) is 7.77. The minimum atomic E-state index is -5.11. The van der Waals surface area contributed by atoms with E-state index in [0.29, 0.717) is 12.1 Å². The van der Waals surface area contributed by atoms with Crippen LogP contribution in [0.1, 0.15) is 28.0 Å². The van der Waals surface area contributed by atoms with E-state index >= 15 is 0 Å². The summed E-state index contributed by atoms with van der Waals surface area (Å²) in [5.74, 6) is -2.94. The number of carbonyl (C=O) groups excluding carboxylic acids is 2. The van der Waals surface area contributed by atoms with Gasteiger partial charge in [-0.1, -0.05) is 18.2 Å². The average molecular weight is 550 g/mol. The topological polar surface area (TPSA) is 68.3 Å². The van der Waals surface area contributed by atoms with E-state index in [2.05, 4.69) is 15.0 Å². The zero-order chi connectivity index (χ0) is 28.3. The zero-order valence-electron chi connectivity index (χ0n) is 18.8. The monoisotopic (exact) mass is 550 g/mol. The summed E-state index contributed by atoms with van der Waals surface area (Å²) in [4.78, 5) is 28.1. The van der Waals surface area contributed by atoms with E-state index in [1.807, 2.05) is 0 Å². The maximum atomic E-state index is 13.3. The van der Waals surface area contributed by atoms with Gasteiger partial charge in [-0.2, -0.15) is 39.5 Å². The van der Waals surface area contributed by atoms with E-state index in [4.69, 9.17) is 0 Å². The first-order chi connectivity index (χ1) is 17.5. The SMILES string of the molecule is O=C(CC(=O)c1cccc(-c2ccnc(C(F)(F)F)c2)c1)Nc1ccc(OCC(F)(F)F)c(C(F)(F)F)c1. The van der Waals surface area contributed by atoms with Crippen molar-refractivity contribution in [1.29, 1.82) is 0 Å². The lowest BCUT2D eigenvalue weighted by Crippen LogP contribution is -2.21. The number of anilines is 1. The molecule has 0 radical (unpaired) electrons. The van der Waals surface area contributed by atoms with Crippen LogP contribution in [0.2, 0.25) is 0 Å². The van der Waals surface area contributed by atoms with Crippen molar-refractivity contribution in [1.82, 2.24) is 4.98 Å². The third-order valence-corrected chi connectivity index (χ3v) is 4.85. The number of nitrogens with one attached hydrogen (secondary N) is 1. The van der Waals surface area contributed by atoms with Gasteiger partial charge >= 0.3 is 18.5 Å². The molecule has 0 saturated carbocycles. The molecule has 0 saturated heterocycles. The number of rotatable bonds is 7. The molecule has 3 aromatic rings. The molecule has 0 aliphatic carbocycles. The second-order valence-corrected chi connectivity index (χ2v) is 7.77. The molecule has 2 aromatic carbocycles. The second kappa shape index (κ2) is 10.7. The number of aromatic nitrogens is 1. The maximum Gasteiger partial charge on any atom is 0.433 e. The molecule has 0 bridgehead atoms. The number of Topliss-reactive ketones (excluding diaryl/α,β-unsaturated/α-hetero) is 1. The van der Waals surface area contributed by atoms with Gasteiger partial charge in [0, 0.05) is 17.4 Å². The molecule has 0 spiro atoms. The lowest BCUT2D eigenvalue weighted by Gasteiger charge is -2.16. The Morgan fingerprint density at radius 1 is 0.816 bits per heavy atom. The lowest BCUT2D eigenvalue weighted by molar-refractivity contribution is -0.158. The summed E-state index contributed by atoms with van der Waals surface area (Å²) in [7, 11) is 0. The third kappa shape index (κ3) is 7.70. The smallest absolute Gasteiger partial charge is 0.433 e. The Kier molecular flexibility index (Phi) is 8.03. The molecule has 202 valence electrons. The Labute approximate surface area is 208 Å². The summed E-state index contributed by atoms with van der Waals surface area (Å²) in [5, 5.41) is 2.05. The molecule has 1 aromatic heterocycles. The van der Waals surface area contributed by atoms with Crippen LogP contribution in [0.3, 0.4) is 0 Å². The molecule has 38 heavy (non-hydrogen) atoms. The average Bonchev–Trinajstić information content (AvgIpc) is 2.81. The third-order valence-electron chi connectivity index (χ3n) is 4.85. The highest BCUT2D eigenvalue weighted by Crippen LogP contribution is 2.38. The first-order valence-electron chi connectivity index (χ1n) is 10.4. The Balaban J connectivity index is 1.74. The van der Waals surface area contributed by atoms with Crippen LogP contribution >= 0.6 is 0 Å². The predicted molar refractivity (Wildman–Crippen MR) is 115 cm³/mol. The van der Waals surface area contributed by atoms with E-state index in [9.17, 15) is 49.1 Å². The molecular weight excluding hydrogens is 535 g/mol. The Morgan fingerprint density at radius 2 is 1.50 bits per heavy atom. The molecule has 0 aliphatic rings. The Morgan fingerprint density at radius 3 is 2.13 bits per heavy atom. The highest BCUT2D eigenvalue weighted by atomic mass is 19.4. The molecule has 14 heteroatoms. The van der Waals surface area contributed by atoms with Crippen LogP contribution in [0.25, 0.3) is 11.1 Å². The van der Waals surface area contributed by atoms with Crippen LogP contribution in [0.5, 0.6) is 5.75 Å². The van der Waals surface area contributed by atoms with Crippen molar-refractivity contribution in [2.45, 2.75) is 24.9 Å². The fourth-order valence-electron chi connectivity index (χ4n) is 3.21. The van der Waals surface area contributed by atoms with Gasteiger partial charge in [-0.05, 0) is 47.5 Å².